The van der Waals surface area contributed by atoms with E-state index in [-0.39, 0.29) is 0 Å². The molecule has 0 aliphatic carbocycles. The zero-order valence-corrected chi connectivity index (χ0v) is 10.7. The topological polar surface area (TPSA) is 114 Å². The fourth-order valence-corrected chi connectivity index (χ4v) is 1.81. The van der Waals surface area contributed by atoms with Gasteiger partial charge >= 0.3 is 0 Å². The number of nitrogens with two attached hydrogens (primary N) is 1. The Kier molecular flexibility index (Phi) is 3.05. The van der Waals surface area contributed by atoms with Gasteiger partial charge in [-0.05, 0) is 24.3 Å². The molecule has 0 spiro atoms. The number of methoxy groups -OCH3 is 1. The Labute approximate surface area is 114 Å². The monoisotopic (exact) mass is 271 g/mol. The first kappa shape index (κ1) is 12.2. The number of rotatable bonds is 4. The van der Waals surface area contributed by atoms with Crippen molar-refractivity contribution in [1.29, 1.82) is 0 Å². The zero-order chi connectivity index (χ0) is 13.9. The highest BCUT2D eigenvalue weighted by Crippen LogP contribution is 2.24. The van der Waals surface area contributed by atoms with Crippen LogP contribution in [0.3, 0.4) is 0 Å². The molecule has 2 heterocycles. The molecule has 0 unspecified atom stereocenters. The van der Waals surface area contributed by atoms with Gasteiger partial charge in [-0.1, -0.05) is 0 Å². The first-order valence-corrected chi connectivity index (χ1v) is 5.89. The first-order chi connectivity index (χ1) is 9.80. The van der Waals surface area contributed by atoms with E-state index in [0.717, 1.165) is 16.8 Å². The number of nitrogens with zero attached hydrogens (tertiary/aromatic N) is 3. The van der Waals surface area contributed by atoms with Gasteiger partial charge in [0.15, 0.2) is 5.65 Å². The lowest BCUT2D eigenvalue weighted by atomic mass is 10.3. The van der Waals surface area contributed by atoms with E-state index in [4.69, 9.17) is 10.6 Å². The van der Waals surface area contributed by atoms with Crippen LogP contribution >= 0.6 is 0 Å². The molecule has 0 amide bonds. The van der Waals surface area contributed by atoms with E-state index >= 15 is 0 Å². The number of ether oxygens (including phenoxy) is 1. The molecule has 0 fully saturated rings. The van der Waals surface area contributed by atoms with Crippen LogP contribution in [0.1, 0.15) is 0 Å². The predicted molar refractivity (Wildman–Crippen MR) is 75.8 cm³/mol. The Morgan fingerprint density at radius 2 is 2.00 bits per heavy atom. The van der Waals surface area contributed by atoms with Gasteiger partial charge in [0.25, 0.3) is 0 Å². The summed E-state index contributed by atoms with van der Waals surface area (Å²) in [6.07, 6.45) is 1.65. The average molecular weight is 271 g/mol. The Bertz CT molecular complexity index is 722. The SMILES string of the molecule is COc1ccc(Nc2nc(NN)nc3[nH]ncc23)cc1. The molecule has 0 saturated carbocycles. The number of H-pyrrole nitrogens is 1. The lowest BCUT2D eigenvalue weighted by Gasteiger charge is -2.08. The number of hydrogen-bond donors (Lipinski definition) is 4. The van der Waals surface area contributed by atoms with E-state index in [2.05, 4.69) is 30.9 Å². The van der Waals surface area contributed by atoms with Gasteiger partial charge in [0.1, 0.15) is 11.6 Å². The molecule has 0 bridgehead atoms. The number of aromatic nitrogens is 4. The molecule has 2 aromatic heterocycles. The quantitative estimate of drug-likeness (QED) is 0.419. The van der Waals surface area contributed by atoms with E-state index in [1.807, 2.05) is 24.3 Å². The van der Waals surface area contributed by atoms with Gasteiger partial charge in [0.05, 0.1) is 18.7 Å². The Balaban J connectivity index is 1.98. The van der Waals surface area contributed by atoms with E-state index in [1.54, 1.807) is 13.3 Å². The van der Waals surface area contributed by atoms with Gasteiger partial charge in [-0.25, -0.2) is 5.84 Å². The average Bonchev–Trinajstić information content (AvgIpc) is 2.96. The summed E-state index contributed by atoms with van der Waals surface area (Å²) < 4.78 is 5.12. The van der Waals surface area contributed by atoms with Crippen molar-refractivity contribution in [3.63, 3.8) is 0 Å². The first-order valence-electron chi connectivity index (χ1n) is 5.89. The maximum Gasteiger partial charge on any atom is 0.241 e. The van der Waals surface area contributed by atoms with E-state index in [1.165, 1.54) is 0 Å². The summed E-state index contributed by atoms with van der Waals surface area (Å²) in [5.74, 6) is 7.06. The normalized spacial score (nSPS) is 10.5. The molecule has 3 aromatic rings. The smallest absolute Gasteiger partial charge is 0.241 e. The van der Waals surface area contributed by atoms with E-state index < -0.39 is 0 Å². The Morgan fingerprint density at radius 3 is 2.70 bits per heavy atom. The maximum absolute atomic E-state index is 5.36. The van der Waals surface area contributed by atoms with Crippen molar-refractivity contribution in [1.82, 2.24) is 20.2 Å². The predicted octanol–water partition coefficient (Wildman–Crippen LogP) is 1.39. The third-order valence-electron chi connectivity index (χ3n) is 2.79. The van der Waals surface area contributed by atoms with Gasteiger partial charge in [-0.2, -0.15) is 15.1 Å². The standard InChI is InChI=1S/C12H13N7O/c1-20-8-4-2-7(3-5-8)15-10-9-6-14-19-11(9)17-12(16-10)18-13/h2-6H,13H2,1H3,(H3,14,15,16,17,18,19). The summed E-state index contributed by atoms with van der Waals surface area (Å²) in [5, 5.41) is 10.7. The van der Waals surface area contributed by atoms with Gasteiger partial charge in [-0.3, -0.25) is 10.5 Å². The number of hydrazine groups is 1. The molecular formula is C12H13N7O. The number of benzene rings is 1. The van der Waals surface area contributed by atoms with Gasteiger partial charge in [-0.15, -0.1) is 0 Å². The molecular weight excluding hydrogens is 258 g/mol. The second kappa shape index (κ2) is 5.02. The van der Waals surface area contributed by atoms with Crippen molar-refractivity contribution in [2.24, 2.45) is 5.84 Å². The van der Waals surface area contributed by atoms with E-state index in [9.17, 15) is 0 Å². The van der Waals surface area contributed by atoms with Crippen LogP contribution in [-0.4, -0.2) is 27.3 Å². The lowest BCUT2D eigenvalue weighted by Crippen LogP contribution is -2.11. The second-order valence-corrected chi connectivity index (χ2v) is 4.03. The largest absolute Gasteiger partial charge is 0.497 e. The van der Waals surface area contributed by atoms with Crippen molar-refractivity contribution in [2.75, 3.05) is 17.9 Å². The van der Waals surface area contributed by atoms with Gasteiger partial charge in [0, 0.05) is 5.69 Å². The maximum atomic E-state index is 5.36. The minimum absolute atomic E-state index is 0.303. The van der Waals surface area contributed by atoms with Crippen LogP contribution in [0.25, 0.3) is 11.0 Å². The van der Waals surface area contributed by atoms with Crippen molar-refractivity contribution in [3.05, 3.63) is 30.5 Å². The highest BCUT2D eigenvalue weighted by molar-refractivity contribution is 5.88. The molecule has 20 heavy (non-hydrogen) atoms. The zero-order valence-electron chi connectivity index (χ0n) is 10.7. The molecule has 3 rings (SSSR count). The van der Waals surface area contributed by atoms with Crippen LogP contribution in [0.15, 0.2) is 30.5 Å². The summed E-state index contributed by atoms with van der Waals surface area (Å²) in [6, 6.07) is 7.50. The van der Waals surface area contributed by atoms with Gasteiger partial charge in [0.2, 0.25) is 5.95 Å². The molecule has 1 aromatic carbocycles. The van der Waals surface area contributed by atoms with Crippen LogP contribution < -0.4 is 21.3 Å². The highest BCUT2D eigenvalue weighted by Gasteiger charge is 2.09. The third-order valence-corrected chi connectivity index (χ3v) is 2.79. The van der Waals surface area contributed by atoms with Crippen molar-refractivity contribution in [2.45, 2.75) is 0 Å². The van der Waals surface area contributed by atoms with Crippen LogP contribution in [0.4, 0.5) is 17.5 Å². The van der Waals surface area contributed by atoms with Crippen LogP contribution in [-0.2, 0) is 0 Å². The van der Waals surface area contributed by atoms with Gasteiger partial charge < -0.3 is 10.1 Å². The molecule has 0 aliphatic heterocycles. The van der Waals surface area contributed by atoms with E-state index in [0.29, 0.717) is 17.4 Å². The molecule has 5 N–H and O–H groups in total. The highest BCUT2D eigenvalue weighted by atomic mass is 16.5. The number of anilines is 3. The number of nitrogens with one attached hydrogen (secondary N) is 3. The Morgan fingerprint density at radius 1 is 1.20 bits per heavy atom. The number of fused-ring (bicyclic) bond motifs is 1. The summed E-state index contributed by atoms with van der Waals surface area (Å²) >= 11 is 0. The molecule has 8 heteroatoms. The van der Waals surface area contributed by atoms with Crippen LogP contribution in [0.5, 0.6) is 5.75 Å². The summed E-state index contributed by atoms with van der Waals surface area (Å²) in [5.41, 5.74) is 3.89. The lowest BCUT2D eigenvalue weighted by molar-refractivity contribution is 0.415. The molecule has 102 valence electrons. The fraction of sp³-hybridized carbons (Fsp3) is 0.0833. The number of hydrogen-bond acceptors (Lipinski definition) is 7. The summed E-state index contributed by atoms with van der Waals surface area (Å²) in [4.78, 5) is 8.44. The fourth-order valence-electron chi connectivity index (χ4n) is 1.81. The molecule has 0 atom stereocenters. The minimum Gasteiger partial charge on any atom is -0.497 e. The second-order valence-electron chi connectivity index (χ2n) is 4.03. The Hall–Kier alpha value is -2.87. The molecule has 0 aliphatic rings. The van der Waals surface area contributed by atoms with Crippen molar-refractivity contribution in [3.8, 4) is 5.75 Å². The van der Waals surface area contributed by atoms with Crippen LogP contribution in [0, 0.1) is 0 Å². The van der Waals surface area contributed by atoms with Crippen LogP contribution in [0.2, 0.25) is 0 Å². The summed E-state index contributed by atoms with van der Waals surface area (Å²) in [6.45, 7) is 0. The minimum atomic E-state index is 0.303. The van der Waals surface area contributed by atoms with Crippen molar-refractivity contribution >= 4 is 28.5 Å². The summed E-state index contributed by atoms with van der Waals surface area (Å²) in [7, 11) is 1.63. The molecule has 0 saturated heterocycles. The van der Waals surface area contributed by atoms with Crippen molar-refractivity contribution < 1.29 is 4.74 Å². The number of aromatic amines is 1. The number of nitrogen functional groups attached to an aromatic ring is 1. The molecule has 8 nitrogen and oxygen atoms in total. The molecule has 0 radical (unpaired) electrons. The third kappa shape index (κ3) is 2.19.